The molecule has 0 spiro atoms. The van der Waals surface area contributed by atoms with Crippen molar-refractivity contribution in [1.29, 1.82) is 0 Å². The number of hydrogen-bond acceptors (Lipinski definition) is 5. The summed E-state index contributed by atoms with van der Waals surface area (Å²) in [7, 11) is 2.05. The Kier molecular flexibility index (Phi) is 3.66. The molecule has 2 aliphatic rings. The maximum atomic E-state index is 5.42. The summed E-state index contributed by atoms with van der Waals surface area (Å²) in [5.41, 5.74) is 2.27. The topological polar surface area (TPSA) is 50.3 Å². The lowest BCUT2D eigenvalue weighted by atomic mass is 10.2. The van der Waals surface area contributed by atoms with Crippen LogP contribution in [0.3, 0.4) is 0 Å². The molecule has 1 atom stereocenters. The van der Waals surface area contributed by atoms with Gasteiger partial charge in [0.05, 0.1) is 12.6 Å². The minimum absolute atomic E-state index is 0.412. The molecule has 1 aromatic rings. The van der Waals surface area contributed by atoms with E-state index < -0.39 is 0 Å². The Morgan fingerprint density at radius 1 is 1.42 bits per heavy atom. The van der Waals surface area contributed by atoms with E-state index in [0.717, 1.165) is 43.9 Å². The molecule has 0 amide bonds. The molecule has 3 rings (SSSR count). The van der Waals surface area contributed by atoms with Gasteiger partial charge >= 0.3 is 0 Å². The number of nitrogens with zero attached hydrogens (tertiary/aromatic N) is 3. The summed E-state index contributed by atoms with van der Waals surface area (Å²) < 4.78 is 5.42. The molecular weight excluding hydrogens is 240 g/mol. The molecule has 1 aromatic heterocycles. The lowest BCUT2D eigenvalue weighted by Gasteiger charge is -2.23. The predicted molar refractivity (Wildman–Crippen MR) is 74.3 cm³/mol. The average Bonchev–Trinajstić information content (AvgIpc) is 3.08. The maximum Gasteiger partial charge on any atom is 0.225 e. The van der Waals surface area contributed by atoms with Crippen molar-refractivity contribution in [2.24, 2.45) is 0 Å². The van der Waals surface area contributed by atoms with Crippen LogP contribution in [0, 0.1) is 6.92 Å². The van der Waals surface area contributed by atoms with Crippen LogP contribution in [-0.2, 0) is 11.3 Å². The SMILES string of the molecule is Cc1nc(N(C)C2CCOC2)ncc1CNC1CC1. The van der Waals surface area contributed by atoms with Gasteiger partial charge in [-0.25, -0.2) is 9.97 Å². The molecular formula is C14H22N4O. The highest BCUT2D eigenvalue weighted by Crippen LogP contribution is 2.20. The van der Waals surface area contributed by atoms with Crippen LogP contribution in [0.1, 0.15) is 30.5 Å². The number of aryl methyl sites for hydroxylation is 1. The van der Waals surface area contributed by atoms with Crippen molar-refractivity contribution >= 4 is 5.95 Å². The molecule has 1 aliphatic heterocycles. The molecule has 1 N–H and O–H groups in total. The van der Waals surface area contributed by atoms with Gasteiger partial charge < -0.3 is 15.0 Å². The van der Waals surface area contributed by atoms with Crippen LogP contribution in [-0.4, -0.2) is 42.3 Å². The number of likely N-dealkylation sites (N-methyl/N-ethyl adjacent to an activating group) is 1. The quantitative estimate of drug-likeness (QED) is 0.866. The third kappa shape index (κ3) is 3.04. The third-order valence-corrected chi connectivity index (χ3v) is 4.00. The molecule has 104 valence electrons. The van der Waals surface area contributed by atoms with E-state index in [4.69, 9.17) is 4.74 Å². The highest BCUT2D eigenvalue weighted by atomic mass is 16.5. The van der Waals surface area contributed by atoms with E-state index in [0.29, 0.717) is 6.04 Å². The zero-order valence-corrected chi connectivity index (χ0v) is 11.7. The Labute approximate surface area is 114 Å². The molecule has 2 heterocycles. The van der Waals surface area contributed by atoms with Crippen molar-refractivity contribution in [2.45, 2.75) is 44.8 Å². The largest absolute Gasteiger partial charge is 0.379 e. The van der Waals surface area contributed by atoms with Crippen LogP contribution in [0.4, 0.5) is 5.95 Å². The summed E-state index contributed by atoms with van der Waals surface area (Å²) >= 11 is 0. The standard InChI is InChI=1S/C14H22N4O/c1-10-11(7-15-12-3-4-12)8-16-14(17-10)18(2)13-5-6-19-9-13/h8,12-13,15H,3-7,9H2,1-2H3. The van der Waals surface area contributed by atoms with Crippen molar-refractivity contribution < 1.29 is 4.74 Å². The zero-order valence-electron chi connectivity index (χ0n) is 11.7. The second kappa shape index (κ2) is 5.43. The first-order valence-corrected chi connectivity index (χ1v) is 7.10. The van der Waals surface area contributed by atoms with Gasteiger partial charge in [0.25, 0.3) is 0 Å². The van der Waals surface area contributed by atoms with Gasteiger partial charge in [-0.2, -0.15) is 0 Å². The lowest BCUT2D eigenvalue weighted by Crippen LogP contribution is -2.33. The summed E-state index contributed by atoms with van der Waals surface area (Å²) in [5, 5.41) is 3.50. The Balaban J connectivity index is 1.66. The summed E-state index contributed by atoms with van der Waals surface area (Å²) in [6.45, 7) is 4.57. The predicted octanol–water partition coefficient (Wildman–Crippen LogP) is 1.26. The first kappa shape index (κ1) is 12.8. The monoisotopic (exact) mass is 262 g/mol. The molecule has 5 nitrogen and oxygen atoms in total. The van der Waals surface area contributed by atoms with Crippen LogP contribution >= 0.6 is 0 Å². The molecule has 19 heavy (non-hydrogen) atoms. The molecule has 1 saturated carbocycles. The van der Waals surface area contributed by atoms with Crippen LogP contribution < -0.4 is 10.2 Å². The van der Waals surface area contributed by atoms with Crippen LogP contribution in [0.5, 0.6) is 0 Å². The van der Waals surface area contributed by atoms with Crippen LogP contribution in [0.25, 0.3) is 0 Å². The molecule has 2 fully saturated rings. The zero-order chi connectivity index (χ0) is 13.2. The van der Waals surface area contributed by atoms with Gasteiger partial charge in [0, 0.05) is 43.7 Å². The minimum Gasteiger partial charge on any atom is -0.379 e. The molecule has 1 aliphatic carbocycles. The van der Waals surface area contributed by atoms with Gasteiger partial charge in [0.15, 0.2) is 0 Å². The highest BCUT2D eigenvalue weighted by molar-refractivity contribution is 5.33. The Bertz CT molecular complexity index is 441. The van der Waals surface area contributed by atoms with E-state index in [-0.39, 0.29) is 0 Å². The first-order valence-electron chi connectivity index (χ1n) is 7.10. The smallest absolute Gasteiger partial charge is 0.225 e. The van der Waals surface area contributed by atoms with Crippen LogP contribution in [0.2, 0.25) is 0 Å². The summed E-state index contributed by atoms with van der Waals surface area (Å²) in [6, 6.07) is 1.13. The van der Waals surface area contributed by atoms with Gasteiger partial charge in [0.1, 0.15) is 0 Å². The van der Waals surface area contributed by atoms with E-state index in [2.05, 4.69) is 34.2 Å². The van der Waals surface area contributed by atoms with Gasteiger partial charge in [-0.05, 0) is 26.2 Å². The fourth-order valence-corrected chi connectivity index (χ4v) is 2.36. The average molecular weight is 262 g/mol. The molecule has 0 radical (unpaired) electrons. The molecule has 1 unspecified atom stereocenters. The maximum absolute atomic E-state index is 5.42. The number of ether oxygens (including phenoxy) is 1. The molecule has 0 aromatic carbocycles. The van der Waals surface area contributed by atoms with E-state index >= 15 is 0 Å². The van der Waals surface area contributed by atoms with Crippen molar-refractivity contribution in [2.75, 3.05) is 25.2 Å². The van der Waals surface area contributed by atoms with Gasteiger partial charge in [-0.3, -0.25) is 0 Å². The second-order valence-corrected chi connectivity index (χ2v) is 5.56. The summed E-state index contributed by atoms with van der Waals surface area (Å²) in [5.74, 6) is 0.808. The number of nitrogens with one attached hydrogen (secondary N) is 1. The summed E-state index contributed by atoms with van der Waals surface area (Å²) in [6.07, 6.45) is 5.63. The Morgan fingerprint density at radius 3 is 2.89 bits per heavy atom. The number of rotatable bonds is 5. The van der Waals surface area contributed by atoms with Crippen molar-refractivity contribution in [3.8, 4) is 0 Å². The van der Waals surface area contributed by atoms with Gasteiger partial charge in [0.2, 0.25) is 5.95 Å². The fourth-order valence-electron chi connectivity index (χ4n) is 2.36. The first-order chi connectivity index (χ1) is 9.24. The Morgan fingerprint density at radius 2 is 2.26 bits per heavy atom. The fraction of sp³-hybridized carbons (Fsp3) is 0.714. The highest BCUT2D eigenvalue weighted by Gasteiger charge is 2.23. The Hall–Kier alpha value is -1.20. The summed E-state index contributed by atoms with van der Waals surface area (Å²) in [4.78, 5) is 11.3. The third-order valence-electron chi connectivity index (χ3n) is 4.00. The molecule has 5 heteroatoms. The van der Waals surface area contributed by atoms with Crippen molar-refractivity contribution in [3.05, 3.63) is 17.5 Å². The van der Waals surface area contributed by atoms with E-state index in [9.17, 15) is 0 Å². The molecule has 1 saturated heterocycles. The van der Waals surface area contributed by atoms with Gasteiger partial charge in [-0.15, -0.1) is 0 Å². The van der Waals surface area contributed by atoms with Crippen LogP contribution in [0.15, 0.2) is 6.20 Å². The molecule has 0 bridgehead atoms. The lowest BCUT2D eigenvalue weighted by molar-refractivity contribution is 0.193. The van der Waals surface area contributed by atoms with E-state index in [1.54, 1.807) is 0 Å². The van der Waals surface area contributed by atoms with Crippen molar-refractivity contribution in [1.82, 2.24) is 15.3 Å². The number of anilines is 1. The normalized spacial score (nSPS) is 22.7. The number of aromatic nitrogens is 2. The second-order valence-electron chi connectivity index (χ2n) is 5.56. The van der Waals surface area contributed by atoms with E-state index in [1.165, 1.54) is 18.4 Å². The van der Waals surface area contributed by atoms with E-state index in [1.807, 2.05) is 6.20 Å². The van der Waals surface area contributed by atoms with Crippen molar-refractivity contribution in [3.63, 3.8) is 0 Å². The number of hydrogen-bond donors (Lipinski definition) is 1. The van der Waals surface area contributed by atoms with Gasteiger partial charge in [-0.1, -0.05) is 0 Å². The minimum atomic E-state index is 0.412.